The third kappa shape index (κ3) is 5.42. The first-order valence-electron chi connectivity index (χ1n) is 14.0. The predicted molar refractivity (Wildman–Crippen MR) is 138 cm³/mol. The number of aliphatic carboxylic acids is 1. The maximum atomic E-state index is 12.4. The molecule has 2 aromatic rings. The number of ether oxygens (including phenoxy) is 1. The number of hydrogen-bond acceptors (Lipinski definition) is 6. The fourth-order valence-corrected chi connectivity index (χ4v) is 5.80. The fourth-order valence-electron chi connectivity index (χ4n) is 5.80. The van der Waals surface area contributed by atoms with E-state index in [0.29, 0.717) is 25.0 Å². The molecular weight excluding hydrogens is 452 g/mol. The molecule has 7 heteroatoms. The Morgan fingerprint density at radius 2 is 1.94 bits per heavy atom. The second-order valence-corrected chi connectivity index (χ2v) is 11.1. The Kier molecular flexibility index (Phi) is 6.94. The summed E-state index contributed by atoms with van der Waals surface area (Å²) in [6.45, 7) is 3.15. The molecule has 4 heterocycles. The molecule has 1 unspecified atom stereocenters. The van der Waals surface area contributed by atoms with Crippen LogP contribution in [0.15, 0.2) is 24.3 Å². The SMILES string of the molecule is O=C(O)C(c1ccc(C2CC2)nc1C1CC1)N1CC[C@@H](OCCCCc2ccc3c(n2)NCCC3)C1. The number of nitrogens with one attached hydrogen (secondary N) is 1. The van der Waals surface area contributed by atoms with Gasteiger partial charge in [0.05, 0.1) is 6.10 Å². The molecule has 0 aromatic carbocycles. The second kappa shape index (κ2) is 10.5. The van der Waals surface area contributed by atoms with Crippen molar-refractivity contribution in [3.05, 3.63) is 52.5 Å². The smallest absolute Gasteiger partial charge is 0.325 e. The normalized spacial score (nSPS) is 22.7. The summed E-state index contributed by atoms with van der Waals surface area (Å²) in [4.78, 5) is 24.3. The van der Waals surface area contributed by atoms with Crippen molar-refractivity contribution in [2.24, 2.45) is 0 Å². The van der Waals surface area contributed by atoms with Crippen molar-refractivity contribution >= 4 is 11.8 Å². The van der Waals surface area contributed by atoms with E-state index in [-0.39, 0.29) is 6.10 Å². The van der Waals surface area contributed by atoms with Gasteiger partial charge < -0.3 is 15.2 Å². The monoisotopic (exact) mass is 490 g/mol. The molecule has 2 aromatic heterocycles. The number of rotatable bonds is 11. The third-order valence-electron chi connectivity index (χ3n) is 8.14. The van der Waals surface area contributed by atoms with E-state index in [0.717, 1.165) is 86.5 Å². The van der Waals surface area contributed by atoms with Crippen LogP contribution in [0.25, 0.3) is 0 Å². The molecule has 2 saturated carbocycles. The number of carboxylic acids is 1. The average molecular weight is 491 g/mol. The zero-order chi connectivity index (χ0) is 24.5. The van der Waals surface area contributed by atoms with Crippen LogP contribution >= 0.6 is 0 Å². The average Bonchev–Trinajstić information content (AvgIpc) is 3.82. The van der Waals surface area contributed by atoms with Gasteiger partial charge in [0.1, 0.15) is 11.9 Å². The van der Waals surface area contributed by atoms with Crippen LogP contribution in [0.3, 0.4) is 0 Å². The summed E-state index contributed by atoms with van der Waals surface area (Å²) >= 11 is 0. The highest BCUT2D eigenvalue weighted by molar-refractivity contribution is 5.76. The van der Waals surface area contributed by atoms with E-state index in [4.69, 9.17) is 14.7 Å². The van der Waals surface area contributed by atoms with Crippen LogP contribution in [0.1, 0.15) is 97.5 Å². The molecule has 0 bridgehead atoms. The number of nitrogens with zero attached hydrogens (tertiary/aromatic N) is 3. The molecule has 6 rings (SSSR count). The van der Waals surface area contributed by atoms with Crippen molar-refractivity contribution in [2.45, 2.75) is 88.2 Å². The highest BCUT2D eigenvalue weighted by Crippen LogP contribution is 2.46. The number of anilines is 1. The topological polar surface area (TPSA) is 87.6 Å². The van der Waals surface area contributed by atoms with Crippen LogP contribution in [0, 0.1) is 0 Å². The Balaban J connectivity index is 1.00. The lowest BCUT2D eigenvalue weighted by atomic mass is 9.99. The van der Waals surface area contributed by atoms with Gasteiger partial charge in [0.25, 0.3) is 0 Å². The molecule has 2 atom stereocenters. The number of aromatic nitrogens is 2. The number of hydrogen-bond donors (Lipinski definition) is 2. The van der Waals surface area contributed by atoms with Crippen molar-refractivity contribution in [1.82, 2.24) is 14.9 Å². The van der Waals surface area contributed by atoms with Crippen molar-refractivity contribution in [1.29, 1.82) is 0 Å². The quantitative estimate of drug-likeness (QED) is 0.436. The first-order chi connectivity index (χ1) is 17.7. The van der Waals surface area contributed by atoms with Gasteiger partial charge in [-0.15, -0.1) is 0 Å². The second-order valence-electron chi connectivity index (χ2n) is 11.1. The van der Waals surface area contributed by atoms with Gasteiger partial charge >= 0.3 is 5.97 Å². The van der Waals surface area contributed by atoms with Crippen molar-refractivity contribution in [2.75, 3.05) is 31.6 Å². The van der Waals surface area contributed by atoms with Gasteiger partial charge in [-0.1, -0.05) is 12.1 Å². The molecular formula is C29H38N4O3. The van der Waals surface area contributed by atoms with E-state index in [1.807, 2.05) is 0 Å². The largest absolute Gasteiger partial charge is 0.480 e. The lowest BCUT2D eigenvalue weighted by Gasteiger charge is -2.26. The van der Waals surface area contributed by atoms with Gasteiger partial charge in [0.15, 0.2) is 0 Å². The summed E-state index contributed by atoms with van der Waals surface area (Å²) in [6, 6.07) is 7.89. The number of unbranched alkanes of at least 4 members (excludes halogenated alkanes) is 1. The highest BCUT2D eigenvalue weighted by atomic mass is 16.5. The van der Waals surface area contributed by atoms with E-state index in [1.54, 1.807) is 0 Å². The molecule has 7 nitrogen and oxygen atoms in total. The molecule has 2 aliphatic heterocycles. The Labute approximate surface area is 213 Å². The van der Waals surface area contributed by atoms with Crippen LogP contribution in [0.2, 0.25) is 0 Å². The van der Waals surface area contributed by atoms with Crippen LogP contribution in [-0.2, 0) is 22.4 Å². The number of carboxylic acid groups (broad SMARTS) is 1. The van der Waals surface area contributed by atoms with Crippen LogP contribution in [0.4, 0.5) is 5.82 Å². The molecule has 192 valence electrons. The highest BCUT2D eigenvalue weighted by Gasteiger charge is 2.39. The van der Waals surface area contributed by atoms with Crippen molar-refractivity contribution < 1.29 is 14.6 Å². The molecule has 36 heavy (non-hydrogen) atoms. The fraction of sp³-hybridized carbons (Fsp3) is 0.621. The summed E-state index contributed by atoms with van der Waals surface area (Å²) in [6.07, 6.45) is 11.0. The Morgan fingerprint density at radius 3 is 2.75 bits per heavy atom. The summed E-state index contributed by atoms with van der Waals surface area (Å²) in [5.41, 5.74) is 5.59. The summed E-state index contributed by atoms with van der Waals surface area (Å²) in [5.74, 6) is 1.32. The Bertz CT molecular complexity index is 1100. The van der Waals surface area contributed by atoms with E-state index in [1.165, 1.54) is 24.8 Å². The van der Waals surface area contributed by atoms with E-state index in [9.17, 15) is 9.90 Å². The Morgan fingerprint density at radius 1 is 1.08 bits per heavy atom. The van der Waals surface area contributed by atoms with Crippen LogP contribution in [0.5, 0.6) is 0 Å². The minimum absolute atomic E-state index is 0.0981. The minimum atomic E-state index is -0.773. The molecule has 1 saturated heterocycles. The first-order valence-corrected chi connectivity index (χ1v) is 14.0. The third-order valence-corrected chi connectivity index (χ3v) is 8.14. The number of carbonyl (C=O) groups is 1. The lowest BCUT2D eigenvalue weighted by Crippen LogP contribution is -2.34. The molecule has 0 spiro atoms. The van der Waals surface area contributed by atoms with E-state index >= 15 is 0 Å². The van der Waals surface area contributed by atoms with Gasteiger partial charge in [0, 0.05) is 60.7 Å². The molecule has 4 aliphatic rings. The predicted octanol–water partition coefficient (Wildman–Crippen LogP) is 4.83. The molecule has 2 N–H and O–H groups in total. The van der Waals surface area contributed by atoms with E-state index < -0.39 is 12.0 Å². The Hall–Kier alpha value is -2.51. The minimum Gasteiger partial charge on any atom is -0.480 e. The van der Waals surface area contributed by atoms with E-state index in [2.05, 4.69) is 34.5 Å². The van der Waals surface area contributed by atoms with Gasteiger partial charge in [-0.25, -0.2) is 4.98 Å². The maximum Gasteiger partial charge on any atom is 0.325 e. The van der Waals surface area contributed by atoms with Crippen molar-refractivity contribution in [3.8, 4) is 0 Å². The van der Waals surface area contributed by atoms with Gasteiger partial charge in [-0.3, -0.25) is 14.7 Å². The van der Waals surface area contributed by atoms with Crippen LogP contribution < -0.4 is 5.32 Å². The standard InChI is InChI=1S/C29H38N4O3/c34-29(35)27(24-12-13-25(19-6-7-19)32-26(24)20-8-9-20)33-16-14-23(18-33)36-17-2-1-5-22-11-10-21-4-3-15-30-28(21)31-22/h10-13,19-20,23,27H,1-9,14-18H2,(H,30,31)(H,34,35)/t23-,27?/m1/s1. The first kappa shape index (κ1) is 23.9. The molecule has 0 radical (unpaired) electrons. The summed E-state index contributed by atoms with van der Waals surface area (Å²) < 4.78 is 6.19. The van der Waals surface area contributed by atoms with Crippen molar-refractivity contribution in [3.63, 3.8) is 0 Å². The van der Waals surface area contributed by atoms with Crippen LogP contribution in [-0.4, -0.2) is 58.3 Å². The zero-order valence-electron chi connectivity index (χ0n) is 21.1. The lowest BCUT2D eigenvalue weighted by molar-refractivity contribution is -0.143. The number of fused-ring (bicyclic) bond motifs is 1. The molecule has 2 aliphatic carbocycles. The van der Waals surface area contributed by atoms with Gasteiger partial charge in [-0.2, -0.15) is 0 Å². The molecule has 3 fully saturated rings. The number of aryl methyl sites for hydroxylation is 2. The molecule has 0 amide bonds. The maximum absolute atomic E-state index is 12.4. The number of pyridine rings is 2. The van der Waals surface area contributed by atoms with Gasteiger partial charge in [0.2, 0.25) is 0 Å². The summed E-state index contributed by atoms with van der Waals surface area (Å²) in [5, 5.41) is 13.6. The zero-order valence-corrected chi connectivity index (χ0v) is 21.1. The summed E-state index contributed by atoms with van der Waals surface area (Å²) in [7, 11) is 0. The van der Waals surface area contributed by atoms with Gasteiger partial charge in [-0.05, 0) is 81.9 Å². The number of likely N-dealkylation sites (tertiary alicyclic amines) is 1.